The molecule has 1 aromatic carbocycles. The molecule has 2 rings (SSSR count). The Morgan fingerprint density at radius 3 is 2.65 bits per heavy atom. The smallest absolute Gasteiger partial charge is 0.269 e. The lowest BCUT2D eigenvalue weighted by atomic mass is 10.2. The Labute approximate surface area is 117 Å². The first kappa shape index (κ1) is 14.0. The van der Waals surface area contributed by atoms with Gasteiger partial charge in [0, 0.05) is 30.4 Å². The number of hydrogen-bond donors (Lipinski definition) is 0. The number of non-ortho nitro benzene ring substituents is 1. The fourth-order valence-corrected chi connectivity index (χ4v) is 1.94. The van der Waals surface area contributed by atoms with Crippen LogP contribution in [0.5, 0.6) is 5.75 Å². The lowest BCUT2D eigenvalue weighted by Crippen LogP contribution is -2.11. The molecule has 6 heteroatoms. The predicted octanol–water partition coefficient (Wildman–Crippen LogP) is 2.99. The van der Waals surface area contributed by atoms with E-state index in [4.69, 9.17) is 4.74 Å². The molecule has 106 valence electrons. The number of aromatic nitrogens is 2. The zero-order valence-electron chi connectivity index (χ0n) is 11.5. The highest BCUT2D eigenvalue weighted by atomic mass is 16.6. The van der Waals surface area contributed by atoms with E-state index in [2.05, 4.69) is 23.4 Å². The van der Waals surface area contributed by atoms with Crippen molar-refractivity contribution in [2.75, 3.05) is 6.61 Å². The van der Waals surface area contributed by atoms with Gasteiger partial charge >= 0.3 is 0 Å². The van der Waals surface area contributed by atoms with Gasteiger partial charge in [-0.1, -0.05) is 13.8 Å². The Bertz CT molecular complexity index is 576. The summed E-state index contributed by atoms with van der Waals surface area (Å²) in [5.74, 6) is 2.02. The molecule has 0 bridgehead atoms. The Balaban J connectivity index is 1.89. The molecule has 0 aliphatic carbocycles. The summed E-state index contributed by atoms with van der Waals surface area (Å²) in [6, 6.07) is 6.09. The van der Waals surface area contributed by atoms with Gasteiger partial charge < -0.3 is 9.30 Å². The summed E-state index contributed by atoms with van der Waals surface area (Å²) in [7, 11) is 0. The maximum absolute atomic E-state index is 10.5. The number of imidazole rings is 1. The second kappa shape index (κ2) is 6.18. The van der Waals surface area contributed by atoms with Crippen LogP contribution in [0.3, 0.4) is 0 Å². The minimum atomic E-state index is -0.426. The van der Waals surface area contributed by atoms with Crippen LogP contribution in [-0.2, 0) is 6.54 Å². The minimum Gasteiger partial charge on any atom is -0.492 e. The summed E-state index contributed by atoms with van der Waals surface area (Å²) in [6.45, 7) is 5.38. The lowest BCUT2D eigenvalue weighted by molar-refractivity contribution is -0.384. The van der Waals surface area contributed by atoms with Crippen LogP contribution in [0, 0.1) is 10.1 Å². The molecule has 0 spiro atoms. The van der Waals surface area contributed by atoms with Gasteiger partial charge in [0.25, 0.3) is 5.69 Å². The number of nitro benzene ring substituents is 1. The first-order valence-electron chi connectivity index (χ1n) is 6.46. The molecule has 0 atom stereocenters. The highest BCUT2D eigenvalue weighted by Crippen LogP contribution is 2.17. The van der Waals surface area contributed by atoms with Crippen LogP contribution in [0.4, 0.5) is 5.69 Å². The summed E-state index contributed by atoms with van der Waals surface area (Å²) in [5, 5.41) is 10.5. The van der Waals surface area contributed by atoms with Crippen molar-refractivity contribution in [1.29, 1.82) is 0 Å². The summed E-state index contributed by atoms with van der Waals surface area (Å²) in [5.41, 5.74) is 0.0639. The highest BCUT2D eigenvalue weighted by molar-refractivity contribution is 5.35. The molecule has 0 aliphatic heterocycles. The van der Waals surface area contributed by atoms with Crippen molar-refractivity contribution in [2.24, 2.45) is 0 Å². The first-order chi connectivity index (χ1) is 9.58. The molecule has 20 heavy (non-hydrogen) atoms. The standard InChI is InChI=1S/C14H17N3O3/c1-11(2)14-15-7-8-16(14)9-10-20-13-5-3-12(4-6-13)17(18)19/h3-8,11H,9-10H2,1-2H3. The van der Waals surface area contributed by atoms with Gasteiger partial charge in [-0.05, 0) is 12.1 Å². The SMILES string of the molecule is CC(C)c1nccn1CCOc1ccc([N+](=O)[O-])cc1. The average Bonchev–Trinajstić information content (AvgIpc) is 2.88. The van der Waals surface area contributed by atoms with Crippen molar-refractivity contribution in [3.63, 3.8) is 0 Å². The molecule has 0 aliphatic rings. The summed E-state index contributed by atoms with van der Waals surface area (Å²) < 4.78 is 7.63. The van der Waals surface area contributed by atoms with Gasteiger partial charge in [0.05, 0.1) is 11.5 Å². The van der Waals surface area contributed by atoms with E-state index in [-0.39, 0.29) is 5.69 Å². The molecule has 0 saturated heterocycles. The van der Waals surface area contributed by atoms with Crippen molar-refractivity contribution in [3.05, 3.63) is 52.6 Å². The third-order valence-electron chi connectivity index (χ3n) is 2.91. The van der Waals surface area contributed by atoms with Crippen LogP contribution < -0.4 is 4.74 Å². The Morgan fingerprint density at radius 2 is 2.05 bits per heavy atom. The zero-order valence-corrected chi connectivity index (χ0v) is 11.5. The maximum atomic E-state index is 10.5. The van der Waals surface area contributed by atoms with E-state index in [0.717, 1.165) is 5.82 Å². The maximum Gasteiger partial charge on any atom is 0.269 e. The molecule has 0 fully saturated rings. The van der Waals surface area contributed by atoms with E-state index < -0.39 is 4.92 Å². The fraction of sp³-hybridized carbons (Fsp3) is 0.357. The second-order valence-electron chi connectivity index (χ2n) is 4.73. The molecular formula is C14H17N3O3. The van der Waals surface area contributed by atoms with Crippen LogP contribution in [0.1, 0.15) is 25.6 Å². The van der Waals surface area contributed by atoms with Crippen molar-refractivity contribution >= 4 is 5.69 Å². The number of benzene rings is 1. The third kappa shape index (κ3) is 3.34. The van der Waals surface area contributed by atoms with E-state index in [1.165, 1.54) is 12.1 Å². The van der Waals surface area contributed by atoms with E-state index in [0.29, 0.717) is 24.8 Å². The lowest BCUT2D eigenvalue weighted by Gasteiger charge is -2.11. The van der Waals surface area contributed by atoms with E-state index >= 15 is 0 Å². The molecular weight excluding hydrogens is 258 g/mol. The van der Waals surface area contributed by atoms with Gasteiger partial charge in [0.15, 0.2) is 0 Å². The van der Waals surface area contributed by atoms with Gasteiger partial charge in [-0.3, -0.25) is 10.1 Å². The highest BCUT2D eigenvalue weighted by Gasteiger charge is 2.07. The van der Waals surface area contributed by atoms with Crippen molar-refractivity contribution in [1.82, 2.24) is 9.55 Å². The second-order valence-corrected chi connectivity index (χ2v) is 4.73. The van der Waals surface area contributed by atoms with Crippen molar-refractivity contribution in [3.8, 4) is 5.75 Å². The number of hydrogen-bond acceptors (Lipinski definition) is 4. The fourth-order valence-electron chi connectivity index (χ4n) is 1.94. The molecule has 1 aromatic heterocycles. The molecule has 0 N–H and O–H groups in total. The summed E-state index contributed by atoms with van der Waals surface area (Å²) in [6.07, 6.45) is 3.70. The number of nitrogens with zero attached hydrogens (tertiary/aromatic N) is 3. The van der Waals surface area contributed by atoms with Gasteiger partial charge in [0.1, 0.15) is 18.2 Å². The molecule has 0 amide bonds. The van der Waals surface area contributed by atoms with Crippen LogP contribution in [0.25, 0.3) is 0 Å². The van der Waals surface area contributed by atoms with Crippen LogP contribution in [0.15, 0.2) is 36.7 Å². The molecule has 0 unspecified atom stereocenters. The Hall–Kier alpha value is -2.37. The molecule has 1 heterocycles. The van der Waals surface area contributed by atoms with Gasteiger partial charge in [-0.25, -0.2) is 4.98 Å². The van der Waals surface area contributed by atoms with E-state index in [1.54, 1.807) is 18.3 Å². The predicted molar refractivity (Wildman–Crippen MR) is 74.9 cm³/mol. The first-order valence-corrected chi connectivity index (χ1v) is 6.46. The van der Waals surface area contributed by atoms with Crippen LogP contribution in [-0.4, -0.2) is 21.1 Å². The van der Waals surface area contributed by atoms with Gasteiger partial charge in [-0.2, -0.15) is 0 Å². The van der Waals surface area contributed by atoms with Crippen molar-refractivity contribution in [2.45, 2.75) is 26.3 Å². The normalized spacial score (nSPS) is 10.8. The van der Waals surface area contributed by atoms with Gasteiger partial charge in [-0.15, -0.1) is 0 Å². The largest absolute Gasteiger partial charge is 0.492 e. The van der Waals surface area contributed by atoms with E-state index in [1.807, 2.05) is 6.20 Å². The topological polar surface area (TPSA) is 70.2 Å². The van der Waals surface area contributed by atoms with Gasteiger partial charge in [0.2, 0.25) is 0 Å². The van der Waals surface area contributed by atoms with Crippen LogP contribution >= 0.6 is 0 Å². The Morgan fingerprint density at radius 1 is 1.35 bits per heavy atom. The molecule has 0 radical (unpaired) electrons. The molecule has 6 nitrogen and oxygen atoms in total. The molecule has 2 aromatic rings. The minimum absolute atomic E-state index is 0.0639. The quantitative estimate of drug-likeness (QED) is 0.600. The third-order valence-corrected chi connectivity index (χ3v) is 2.91. The summed E-state index contributed by atoms with van der Waals surface area (Å²) in [4.78, 5) is 14.4. The number of nitro groups is 1. The number of ether oxygens (including phenoxy) is 1. The molecule has 0 saturated carbocycles. The zero-order chi connectivity index (χ0) is 14.5. The summed E-state index contributed by atoms with van der Waals surface area (Å²) >= 11 is 0. The van der Waals surface area contributed by atoms with Crippen molar-refractivity contribution < 1.29 is 9.66 Å². The Kier molecular flexibility index (Phi) is 4.34. The number of rotatable bonds is 6. The average molecular weight is 275 g/mol. The monoisotopic (exact) mass is 275 g/mol. The van der Waals surface area contributed by atoms with E-state index in [9.17, 15) is 10.1 Å². The van der Waals surface area contributed by atoms with Crippen LogP contribution in [0.2, 0.25) is 0 Å².